The van der Waals surface area contributed by atoms with Crippen molar-refractivity contribution in [1.29, 1.82) is 0 Å². The van der Waals surface area contributed by atoms with Crippen molar-refractivity contribution in [3.05, 3.63) is 35.4 Å². The smallest absolute Gasteiger partial charge is 0.407 e. The molecule has 2 saturated carbocycles. The second kappa shape index (κ2) is 6.91. The van der Waals surface area contributed by atoms with Gasteiger partial charge in [0.15, 0.2) is 0 Å². The molecule has 4 heteroatoms. The molecular weight excluding hydrogens is 290 g/mol. The number of hydrogen-bond donors (Lipinski definition) is 2. The van der Waals surface area contributed by atoms with Crippen LogP contribution in [-0.2, 0) is 4.74 Å². The Labute approximate surface area is 138 Å². The first kappa shape index (κ1) is 16.3. The van der Waals surface area contributed by atoms with E-state index in [2.05, 4.69) is 5.32 Å². The van der Waals surface area contributed by atoms with E-state index < -0.39 is 12.2 Å². The lowest BCUT2D eigenvalue weighted by molar-refractivity contribution is -0.00232. The minimum atomic E-state index is -0.785. The molecule has 0 spiro atoms. The highest BCUT2D eigenvalue weighted by atomic mass is 16.6. The maximum Gasteiger partial charge on any atom is 0.407 e. The number of fused-ring (bicyclic) bond motifs is 2. The molecule has 0 aromatic heterocycles. The third-order valence-corrected chi connectivity index (χ3v) is 5.56. The minimum Gasteiger partial charge on any atom is -0.443 e. The molecule has 3 rings (SSSR count). The Kier molecular flexibility index (Phi) is 4.90. The predicted molar refractivity (Wildman–Crippen MR) is 89.1 cm³/mol. The van der Waals surface area contributed by atoms with E-state index in [1.165, 1.54) is 19.3 Å². The molecule has 23 heavy (non-hydrogen) atoms. The van der Waals surface area contributed by atoms with Crippen LogP contribution in [0.3, 0.4) is 0 Å². The molecule has 0 saturated heterocycles. The number of aryl methyl sites for hydroxylation is 1. The van der Waals surface area contributed by atoms with Gasteiger partial charge in [0.05, 0.1) is 0 Å². The van der Waals surface area contributed by atoms with E-state index in [0.29, 0.717) is 12.3 Å². The standard InChI is InChI=1S/C19H27NO3/c1-3-17(18(21)15-7-5-4-6-12(15)2)23-19(22)20-16-11-13-8-9-14(16)10-13/h4-7,13-14,16-18,21H,3,8-11H2,1-2H3,(H,20,22). The highest BCUT2D eigenvalue weighted by Crippen LogP contribution is 2.44. The van der Waals surface area contributed by atoms with Crippen LogP contribution in [0.2, 0.25) is 0 Å². The number of amides is 1. The Morgan fingerprint density at radius 1 is 1.35 bits per heavy atom. The molecule has 5 atom stereocenters. The van der Waals surface area contributed by atoms with Crippen LogP contribution in [0.1, 0.15) is 56.3 Å². The monoisotopic (exact) mass is 317 g/mol. The number of carbonyl (C=O) groups excluding carboxylic acids is 1. The van der Waals surface area contributed by atoms with Gasteiger partial charge in [0, 0.05) is 6.04 Å². The summed E-state index contributed by atoms with van der Waals surface area (Å²) in [6.45, 7) is 3.89. The molecule has 0 aliphatic heterocycles. The van der Waals surface area contributed by atoms with E-state index in [4.69, 9.17) is 4.74 Å². The van der Waals surface area contributed by atoms with Gasteiger partial charge < -0.3 is 15.2 Å². The molecule has 1 aromatic carbocycles. The molecule has 1 aromatic rings. The normalized spacial score (nSPS) is 28.4. The number of rotatable bonds is 5. The molecule has 0 radical (unpaired) electrons. The van der Waals surface area contributed by atoms with Crippen LogP contribution in [0.4, 0.5) is 4.79 Å². The van der Waals surface area contributed by atoms with Crippen LogP contribution in [0, 0.1) is 18.8 Å². The molecule has 2 aliphatic carbocycles. The Morgan fingerprint density at radius 3 is 2.74 bits per heavy atom. The van der Waals surface area contributed by atoms with Crippen molar-refractivity contribution in [2.45, 2.75) is 64.2 Å². The molecule has 126 valence electrons. The maximum absolute atomic E-state index is 12.2. The average molecular weight is 317 g/mol. The number of ether oxygens (including phenoxy) is 1. The number of aliphatic hydroxyl groups excluding tert-OH is 1. The van der Waals surface area contributed by atoms with E-state index >= 15 is 0 Å². The summed E-state index contributed by atoms with van der Waals surface area (Å²) in [5.74, 6) is 1.40. The predicted octanol–water partition coefficient (Wildman–Crippen LogP) is 3.72. The van der Waals surface area contributed by atoms with Crippen LogP contribution >= 0.6 is 0 Å². The average Bonchev–Trinajstić information content (AvgIpc) is 3.15. The summed E-state index contributed by atoms with van der Waals surface area (Å²) in [6, 6.07) is 7.94. The molecule has 2 N–H and O–H groups in total. The molecule has 5 unspecified atom stereocenters. The quantitative estimate of drug-likeness (QED) is 0.870. The number of benzene rings is 1. The lowest BCUT2D eigenvalue weighted by Gasteiger charge is -2.27. The van der Waals surface area contributed by atoms with Gasteiger partial charge in [0.2, 0.25) is 0 Å². The summed E-state index contributed by atoms with van der Waals surface area (Å²) in [6.07, 6.45) is 3.74. The maximum atomic E-state index is 12.2. The third-order valence-electron chi connectivity index (χ3n) is 5.56. The van der Waals surface area contributed by atoms with Gasteiger partial charge in [0.1, 0.15) is 12.2 Å². The lowest BCUT2D eigenvalue weighted by Crippen LogP contribution is -2.41. The zero-order valence-corrected chi connectivity index (χ0v) is 14.0. The van der Waals surface area contributed by atoms with Gasteiger partial charge in [-0.15, -0.1) is 0 Å². The van der Waals surface area contributed by atoms with E-state index in [-0.39, 0.29) is 12.1 Å². The first-order valence-corrected chi connectivity index (χ1v) is 8.79. The summed E-state index contributed by atoms with van der Waals surface area (Å²) in [4.78, 5) is 12.2. The highest BCUT2D eigenvalue weighted by Gasteiger charge is 2.40. The van der Waals surface area contributed by atoms with Crippen molar-refractivity contribution in [2.24, 2.45) is 11.8 Å². The molecule has 2 aliphatic rings. The number of alkyl carbamates (subject to hydrolysis) is 1. The molecule has 1 amide bonds. The van der Waals surface area contributed by atoms with Gasteiger partial charge in [-0.1, -0.05) is 37.6 Å². The largest absolute Gasteiger partial charge is 0.443 e. The molecule has 0 heterocycles. The Bertz CT molecular complexity index is 559. The second-order valence-electron chi connectivity index (χ2n) is 7.08. The van der Waals surface area contributed by atoms with Crippen LogP contribution < -0.4 is 5.32 Å². The van der Waals surface area contributed by atoms with Crippen LogP contribution in [0.5, 0.6) is 0 Å². The van der Waals surface area contributed by atoms with E-state index in [0.717, 1.165) is 23.5 Å². The van der Waals surface area contributed by atoms with E-state index in [1.807, 2.05) is 38.1 Å². The van der Waals surface area contributed by atoms with Crippen molar-refractivity contribution < 1.29 is 14.6 Å². The van der Waals surface area contributed by atoms with Gasteiger partial charge in [-0.3, -0.25) is 0 Å². The van der Waals surface area contributed by atoms with Gasteiger partial charge in [-0.2, -0.15) is 0 Å². The van der Waals surface area contributed by atoms with E-state index in [1.54, 1.807) is 0 Å². The fourth-order valence-electron chi connectivity index (χ4n) is 4.23. The summed E-state index contributed by atoms with van der Waals surface area (Å²) < 4.78 is 5.54. The van der Waals surface area contributed by atoms with Crippen molar-refractivity contribution in [1.82, 2.24) is 5.32 Å². The van der Waals surface area contributed by atoms with Gasteiger partial charge in [-0.25, -0.2) is 4.79 Å². The number of nitrogens with one attached hydrogen (secondary N) is 1. The van der Waals surface area contributed by atoms with Gasteiger partial charge >= 0.3 is 6.09 Å². The number of hydrogen-bond acceptors (Lipinski definition) is 3. The zero-order chi connectivity index (χ0) is 16.4. The van der Waals surface area contributed by atoms with E-state index in [9.17, 15) is 9.90 Å². The van der Waals surface area contributed by atoms with Gasteiger partial charge in [0.25, 0.3) is 0 Å². The molecule has 2 fully saturated rings. The Hall–Kier alpha value is -1.55. The first-order chi connectivity index (χ1) is 11.1. The first-order valence-electron chi connectivity index (χ1n) is 8.79. The minimum absolute atomic E-state index is 0.259. The van der Waals surface area contributed by atoms with Gasteiger partial charge in [-0.05, 0) is 55.6 Å². The van der Waals surface area contributed by atoms with Crippen LogP contribution in [-0.4, -0.2) is 23.3 Å². The fourth-order valence-corrected chi connectivity index (χ4v) is 4.23. The van der Waals surface area contributed by atoms with Crippen molar-refractivity contribution in [3.8, 4) is 0 Å². The van der Waals surface area contributed by atoms with Crippen molar-refractivity contribution in [2.75, 3.05) is 0 Å². The topological polar surface area (TPSA) is 58.6 Å². The lowest BCUT2D eigenvalue weighted by atomic mass is 9.95. The Morgan fingerprint density at radius 2 is 2.13 bits per heavy atom. The zero-order valence-electron chi connectivity index (χ0n) is 14.0. The molecule has 4 nitrogen and oxygen atoms in total. The summed E-state index contributed by atoms with van der Waals surface area (Å²) in [5, 5.41) is 13.6. The van der Waals surface area contributed by atoms with Crippen molar-refractivity contribution in [3.63, 3.8) is 0 Å². The fraction of sp³-hybridized carbons (Fsp3) is 0.632. The third kappa shape index (κ3) is 3.52. The molecule has 2 bridgehead atoms. The highest BCUT2D eigenvalue weighted by molar-refractivity contribution is 5.68. The Balaban J connectivity index is 1.58. The second-order valence-corrected chi connectivity index (χ2v) is 7.08. The van der Waals surface area contributed by atoms with Crippen LogP contribution in [0.25, 0.3) is 0 Å². The number of carbonyl (C=O) groups is 1. The summed E-state index contributed by atoms with van der Waals surface area (Å²) in [5.41, 5.74) is 1.84. The number of aliphatic hydroxyl groups is 1. The summed E-state index contributed by atoms with van der Waals surface area (Å²) in [7, 11) is 0. The van der Waals surface area contributed by atoms with Crippen molar-refractivity contribution >= 4 is 6.09 Å². The summed E-state index contributed by atoms with van der Waals surface area (Å²) >= 11 is 0. The van der Waals surface area contributed by atoms with Crippen LogP contribution in [0.15, 0.2) is 24.3 Å². The molecular formula is C19H27NO3. The SMILES string of the molecule is CCC(OC(=O)NC1CC2CCC1C2)C(O)c1ccccc1C.